The molecule has 3 rings (SSSR count). The van der Waals surface area contributed by atoms with Gasteiger partial charge in [-0.3, -0.25) is 4.99 Å². The van der Waals surface area contributed by atoms with Crippen LogP contribution in [0.15, 0.2) is 41.5 Å². The number of nitrogens with zero attached hydrogens (tertiary/aromatic N) is 2. The Bertz CT molecular complexity index is 910. The normalized spacial score (nSPS) is 11.9. The van der Waals surface area contributed by atoms with Gasteiger partial charge in [0, 0.05) is 43.4 Å². The lowest BCUT2D eigenvalue weighted by Crippen LogP contribution is -2.37. The molecule has 138 valence electrons. The molecular formula is C19H23Cl2N5. The SMILES string of the molecule is CN=C(NCCCc1c[nH]c2ccccc12)NCc1cc(Cl)c(Cl)n1C. The van der Waals surface area contributed by atoms with E-state index in [0.29, 0.717) is 16.7 Å². The number of aliphatic imine (C=N–C) groups is 1. The van der Waals surface area contributed by atoms with Crippen LogP contribution in [0.5, 0.6) is 0 Å². The van der Waals surface area contributed by atoms with Gasteiger partial charge < -0.3 is 20.2 Å². The molecule has 7 heteroatoms. The van der Waals surface area contributed by atoms with E-state index in [1.165, 1.54) is 16.5 Å². The number of nitrogens with one attached hydrogen (secondary N) is 3. The van der Waals surface area contributed by atoms with Gasteiger partial charge in [-0.05, 0) is 30.5 Å². The summed E-state index contributed by atoms with van der Waals surface area (Å²) in [5.41, 5.74) is 3.54. The summed E-state index contributed by atoms with van der Waals surface area (Å²) < 4.78 is 1.86. The van der Waals surface area contributed by atoms with E-state index in [9.17, 15) is 0 Å². The Hall–Kier alpha value is -2.11. The Morgan fingerprint density at radius 2 is 2.04 bits per heavy atom. The number of aryl methyl sites for hydroxylation is 1. The molecule has 2 heterocycles. The predicted octanol–water partition coefficient (Wildman–Crippen LogP) is 4.11. The molecular weight excluding hydrogens is 369 g/mol. The Morgan fingerprint density at radius 3 is 2.77 bits per heavy atom. The second-order valence-corrected chi connectivity index (χ2v) is 6.91. The van der Waals surface area contributed by atoms with Gasteiger partial charge in [-0.15, -0.1) is 0 Å². The molecule has 0 bridgehead atoms. The van der Waals surface area contributed by atoms with E-state index in [4.69, 9.17) is 23.2 Å². The fraction of sp³-hybridized carbons (Fsp3) is 0.316. The van der Waals surface area contributed by atoms with Gasteiger partial charge in [-0.1, -0.05) is 41.4 Å². The van der Waals surface area contributed by atoms with Gasteiger partial charge in [-0.25, -0.2) is 0 Å². The first-order valence-corrected chi connectivity index (χ1v) is 9.35. The maximum absolute atomic E-state index is 6.10. The number of halogens is 2. The lowest BCUT2D eigenvalue weighted by molar-refractivity contribution is 0.724. The molecule has 0 aliphatic heterocycles. The molecule has 0 amide bonds. The zero-order chi connectivity index (χ0) is 18.5. The molecule has 0 saturated carbocycles. The van der Waals surface area contributed by atoms with Crippen LogP contribution >= 0.6 is 23.2 Å². The van der Waals surface area contributed by atoms with Gasteiger partial charge in [0.2, 0.25) is 0 Å². The van der Waals surface area contributed by atoms with Crippen molar-refractivity contribution in [1.29, 1.82) is 0 Å². The third-order valence-corrected chi connectivity index (χ3v) is 5.31. The molecule has 1 aromatic carbocycles. The summed E-state index contributed by atoms with van der Waals surface area (Å²) in [5, 5.41) is 9.04. The van der Waals surface area contributed by atoms with Crippen molar-refractivity contribution < 1.29 is 0 Å². The number of fused-ring (bicyclic) bond motifs is 1. The van der Waals surface area contributed by atoms with Crippen LogP contribution in [-0.2, 0) is 20.0 Å². The summed E-state index contributed by atoms with van der Waals surface area (Å²) >= 11 is 12.1. The average Bonchev–Trinajstić information content (AvgIpc) is 3.18. The van der Waals surface area contributed by atoms with E-state index in [1.54, 1.807) is 7.05 Å². The second-order valence-electron chi connectivity index (χ2n) is 6.15. The molecule has 26 heavy (non-hydrogen) atoms. The topological polar surface area (TPSA) is 57.1 Å². The Kier molecular flexibility index (Phi) is 6.12. The highest BCUT2D eigenvalue weighted by atomic mass is 35.5. The molecule has 3 N–H and O–H groups in total. The molecule has 0 aliphatic carbocycles. The minimum absolute atomic E-state index is 0.546. The van der Waals surface area contributed by atoms with Crippen LogP contribution in [0, 0.1) is 0 Å². The fourth-order valence-corrected chi connectivity index (χ4v) is 3.39. The minimum Gasteiger partial charge on any atom is -0.361 e. The highest BCUT2D eigenvalue weighted by Gasteiger charge is 2.09. The Labute approximate surface area is 163 Å². The van der Waals surface area contributed by atoms with Crippen LogP contribution in [0.2, 0.25) is 10.2 Å². The number of H-pyrrole nitrogens is 1. The van der Waals surface area contributed by atoms with Gasteiger partial charge in [0.15, 0.2) is 5.96 Å². The van der Waals surface area contributed by atoms with Gasteiger partial charge in [0.05, 0.1) is 11.6 Å². The summed E-state index contributed by atoms with van der Waals surface area (Å²) in [6, 6.07) is 10.2. The van der Waals surface area contributed by atoms with Gasteiger partial charge in [-0.2, -0.15) is 0 Å². The molecule has 2 aromatic heterocycles. The summed E-state index contributed by atoms with van der Waals surface area (Å²) in [4.78, 5) is 7.58. The third-order valence-electron chi connectivity index (χ3n) is 4.47. The molecule has 0 unspecified atom stereocenters. The largest absolute Gasteiger partial charge is 0.361 e. The smallest absolute Gasteiger partial charge is 0.191 e. The van der Waals surface area contributed by atoms with E-state index in [-0.39, 0.29) is 0 Å². The summed E-state index contributed by atoms with van der Waals surface area (Å²) in [7, 11) is 3.66. The van der Waals surface area contributed by atoms with Gasteiger partial charge in [0.25, 0.3) is 0 Å². The summed E-state index contributed by atoms with van der Waals surface area (Å²) in [6.07, 6.45) is 4.13. The van der Waals surface area contributed by atoms with Crippen LogP contribution in [0.25, 0.3) is 10.9 Å². The maximum Gasteiger partial charge on any atom is 0.191 e. The number of rotatable bonds is 6. The summed E-state index contributed by atoms with van der Waals surface area (Å²) in [5.74, 6) is 0.761. The van der Waals surface area contributed by atoms with Crippen LogP contribution in [0.4, 0.5) is 0 Å². The van der Waals surface area contributed by atoms with Crippen molar-refractivity contribution in [2.45, 2.75) is 19.4 Å². The quantitative estimate of drug-likeness (QED) is 0.336. The Morgan fingerprint density at radius 1 is 1.23 bits per heavy atom. The lowest BCUT2D eigenvalue weighted by atomic mass is 10.1. The molecule has 0 aliphatic rings. The standard InChI is InChI=1S/C19H23Cl2N5/c1-22-19(25-12-14-10-16(20)18(21)26(14)2)23-9-5-6-13-11-24-17-8-4-3-7-15(13)17/h3-4,7-8,10-11,24H,5-6,9,12H2,1-2H3,(H2,22,23,25). The van der Waals surface area contributed by atoms with Crippen molar-refractivity contribution >= 4 is 40.1 Å². The number of para-hydroxylation sites is 1. The van der Waals surface area contributed by atoms with Crippen LogP contribution in [-0.4, -0.2) is 29.1 Å². The Balaban J connectivity index is 1.46. The van der Waals surface area contributed by atoms with Crippen molar-refractivity contribution in [2.75, 3.05) is 13.6 Å². The van der Waals surface area contributed by atoms with Gasteiger partial charge >= 0.3 is 0 Å². The van der Waals surface area contributed by atoms with Crippen LogP contribution in [0.3, 0.4) is 0 Å². The van der Waals surface area contributed by atoms with E-state index < -0.39 is 0 Å². The molecule has 0 radical (unpaired) electrons. The zero-order valence-corrected chi connectivity index (χ0v) is 16.5. The predicted molar refractivity (Wildman–Crippen MR) is 110 cm³/mol. The van der Waals surface area contributed by atoms with Crippen molar-refractivity contribution in [3.8, 4) is 0 Å². The highest BCUT2D eigenvalue weighted by molar-refractivity contribution is 6.41. The average molecular weight is 392 g/mol. The lowest BCUT2D eigenvalue weighted by Gasteiger charge is -2.12. The first-order valence-electron chi connectivity index (χ1n) is 8.59. The molecule has 3 aromatic rings. The van der Waals surface area contributed by atoms with Crippen LogP contribution < -0.4 is 10.6 Å². The number of aromatic nitrogens is 2. The zero-order valence-electron chi connectivity index (χ0n) is 14.9. The van der Waals surface area contributed by atoms with E-state index >= 15 is 0 Å². The molecule has 0 fully saturated rings. The second kappa shape index (κ2) is 8.52. The fourth-order valence-electron chi connectivity index (χ4n) is 2.98. The number of aromatic amines is 1. The minimum atomic E-state index is 0.546. The van der Waals surface area contributed by atoms with Crippen molar-refractivity contribution in [1.82, 2.24) is 20.2 Å². The first-order chi connectivity index (χ1) is 12.6. The number of hydrogen-bond donors (Lipinski definition) is 3. The van der Waals surface area contributed by atoms with Crippen molar-refractivity contribution in [3.05, 3.63) is 58.0 Å². The van der Waals surface area contributed by atoms with Crippen LogP contribution in [0.1, 0.15) is 17.7 Å². The van der Waals surface area contributed by atoms with Crippen molar-refractivity contribution in [3.63, 3.8) is 0 Å². The number of hydrogen-bond acceptors (Lipinski definition) is 1. The van der Waals surface area contributed by atoms with E-state index in [0.717, 1.165) is 31.0 Å². The number of guanidine groups is 1. The molecule has 0 atom stereocenters. The monoisotopic (exact) mass is 391 g/mol. The first kappa shape index (κ1) is 18.7. The number of benzene rings is 1. The molecule has 5 nitrogen and oxygen atoms in total. The third kappa shape index (κ3) is 4.17. The van der Waals surface area contributed by atoms with Gasteiger partial charge in [0.1, 0.15) is 5.15 Å². The van der Waals surface area contributed by atoms with E-state index in [2.05, 4.69) is 45.0 Å². The summed E-state index contributed by atoms with van der Waals surface area (Å²) in [6.45, 7) is 1.44. The maximum atomic E-state index is 6.10. The van der Waals surface area contributed by atoms with Crippen molar-refractivity contribution in [2.24, 2.45) is 12.0 Å². The molecule has 0 saturated heterocycles. The van der Waals surface area contributed by atoms with E-state index in [1.807, 2.05) is 23.7 Å². The highest BCUT2D eigenvalue weighted by Crippen LogP contribution is 2.24. The molecule has 0 spiro atoms.